The summed E-state index contributed by atoms with van der Waals surface area (Å²) >= 11 is 0. The van der Waals surface area contributed by atoms with Gasteiger partial charge >= 0.3 is 12.3 Å². The maximum Gasteiger partial charge on any atom is 0.416 e. The fourth-order valence-electron chi connectivity index (χ4n) is 5.38. The monoisotopic (exact) mass is 586 g/mol. The van der Waals surface area contributed by atoms with Gasteiger partial charge in [0.25, 0.3) is 5.91 Å². The van der Waals surface area contributed by atoms with Gasteiger partial charge in [-0.15, -0.1) is 0 Å². The van der Waals surface area contributed by atoms with Crippen LogP contribution in [0.15, 0.2) is 48.5 Å². The van der Waals surface area contributed by atoms with Gasteiger partial charge in [0.15, 0.2) is 0 Å². The Hall–Kier alpha value is -3.89. The molecule has 8 nitrogen and oxygen atoms in total. The van der Waals surface area contributed by atoms with Crippen LogP contribution in [0.2, 0.25) is 0 Å². The van der Waals surface area contributed by atoms with Crippen molar-refractivity contribution in [1.82, 2.24) is 15.2 Å². The van der Waals surface area contributed by atoms with Crippen LogP contribution >= 0.6 is 0 Å². The average Bonchev–Trinajstić information content (AvgIpc) is 3.36. The van der Waals surface area contributed by atoms with Crippen molar-refractivity contribution in [3.05, 3.63) is 59.8 Å². The lowest BCUT2D eigenvalue weighted by atomic mass is 10.1. The van der Waals surface area contributed by atoms with Gasteiger partial charge in [-0.05, 0) is 76.1 Å². The van der Waals surface area contributed by atoms with E-state index >= 15 is 0 Å². The second-order valence-corrected chi connectivity index (χ2v) is 12.0. The quantitative estimate of drug-likeness (QED) is 0.363. The summed E-state index contributed by atoms with van der Waals surface area (Å²) in [7, 11) is 0. The highest BCUT2D eigenvalue weighted by molar-refractivity contribution is 5.98. The number of amides is 2. The van der Waals surface area contributed by atoms with Gasteiger partial charge in [0.1, 0.15) is 23.1 Å². The second kappa shape index (κ2) is 11.8. The number of ether oxygens (including phenoxy) is 2. The standard InChI is InChI=1S/C31H37F3N4O4/c1-30(2,3)42-29(40)38-14-10-22(11-15-38)35-28(39)27-18-20-4-9-25(19-26(20)36-27)41-24-12-16-37(17-13-24)23-7-5-21(6-8-23)31(32,33)34/h4-9,18-19,22,24,36H,10-17H2,1-3H3,(H,35,39). The number of piperidine rings is 2. The zero-order valence-electron chi connectivity index (χ0n) is 24.1. The summed E-state index contributed by atoms with van der Waals surface area (Å²) in [6.45, 7) is 7.93. The highest BCUT2D eigenvalue weighted by Gasteiger charge is 2.31. The molecule has 0 radical (unpaired) electrons. The van der Waals surface area contributed by atoms with E-state index in [1.807, 2.05) is 45.0 Å². The number of benzene rings is 2. The first-order valence-corrected chi connectivity index (χ1v) is 14.3. The van der Waals surface area contributed by atoms with E-state index in [4.69, 9.17) is 9.47 Å². The van der Waals surface area contributed by atoms with Crippen LogP contribution in [-0.2, 0) is 10.9 Å². The van der Waals surface area contributed by atoms with Gasteiger partial charge in [-0.1, -0.05) is 0 Å². The molecule has 0 bridgehead atoms. The number of alkyl halides is 3. The molecule has 226 valence electrons. The topological polar surface area (TPSA) is 86.9 Å². The number of aromatic amines is 1. The number of fused-ring (bicyclic) bond motifs is 1. The number of anilines is 1. The van der Waals surface area contributed by atoms with Crippen LogP contribution in [0.5, 0.6) is 5.75 Å². The number of likely N-dealkylation sites (tertiary alicyclic amines) is 1. The van der Waals surface area contributed by atoms with E-state index in [0.29, 0.717) is 50.5 Å². The molecule has 11 heteroatoms. The fourth-order valence-corrected chi connectivity index (χ4v) is 5.38. The Morgan fingerprint density at radius 3 is 2.19 bits per heavy atom. The molecule has 42 heavy (non-hydrogen) atoms. The average molecular weight is 587 g/mol. The van der Waals surface area contributed by atoms with E-state index in [2.05, 4.69) is 15.2 Å². The number of nitrogens with zero attached hydrogens (tertiary/aromatic N) is 2. The first-order valence-electron chi connectivity index (χ1n) is 14.3. The fraction of sp³-hybridized carbons (Fsp3) is 0.484. The lowest BCUT2D eigenvalue weighted by molar-refractivity contribution is -0.137. The summed E-state index contributed by atoms with van der Waals surface area (Å²) in [5, 5.41) is 3.96. The molecule has 0 unspecified atom stereocenters. The zero-order valence-corrected chi connectivity index (χ0v) is 24.1. The summed E-state index contributed by atoms with van der Waals surface area (Å²) in [5.74, 6) is 0.499. The molecule has 2 saturated heterocycles. The Kier molecular flexibility index (Phi) is 8.30. The SMILES string of the molecule is CC(C)(C)OC(=O)N1CCC(NC(=O)c2cc3ccc(OC4CCN(c5ccc(C(F)(F)F)cc5)CC4)cc3[nH]2)CC1. The summed E-state index contributed by atoms with van der Waals surface area (Å²) in [4.78, 5) is 32.2. The first kappa shape index (κ1) is 29.6. The van der Waals surface area contributed by atoms with Crippen LogP contribution in [0.25, 0.3) is 10.9 Å². The summed E-state index contributed by atoms with van der Waals surface area (Å²) in [6.07, 6.45) is -1.90. The number of aromatic nitrogens is 1. The molecular weight excluding hydrogens is 549 g/mol. The molecule has 2 amide bonds. The summed E-state index contributed by atoms with van der Waals surface area (Å²) in [5.41, 5.74) is 0.832. The van der Waals surface area contributed by atoms with Gasteiger partial charge in [-0.2, -0.15) is 13.2 Å². The maximum absolute atomic E-state index is 13.0. The number of halogens is 3. The number of hydrogen-bond acceptors (Lipinski definition) is 5. The van der Waals surface area contributed by atoms with Gasteiger partial charge < -0.3 is 29.6 Å². The van der Waals surface area contributed by atoms with Crippen LogP contribution in [0.4, 0.5) is 23.7 Å². The molecule has 1 aromatic heterocycles. The molecule has 2 aromatic carbocycles. The number of nitrogens with one attached hydrogen (secondary N) is 2. The highest BCUT2D eigenvalue weighted by atomic mass is 19.4. The minimum atomic E-state index is -4.34. The molecule has 2 N–H and O–H groups in total. The van der Waals surface area contributed by atoms with Crippen molar-refractivity contribution in [2.24, 2.45) is 0 Å². The molecule has 0 saturated carbocycles. The predicted molar refractivity (Wildman–Crippen MR) is 154 cm³/mol. The maximum atomic E-state index is 13.0. The Bertz CT molecular complexity index is 1400. The molecule has 0 atom stereocenters. The zero-order chi connectivity index (χ0) is 30.1. The smallest absolute Gasteiger partial charge is 0.416 e. The number of carbonyl (C=O) groups excluding carboxylic acids is 2. The van der Waals surface area contributed by atoms with E-state index in [1.165, 1.54) is 12.1 Å². The molecule has 3 heterocycles. The van der Waals surface area contributed by atoms with E-state index < -0.39 is 17.3 Å². The van der Waals surface area contributed by atoms with Crippen molar-refractivity contribution in [2.45, 2.75) is 70.4 Å². The van der Waals surface area contributed by atoms with Crippen molar-refractivity contribution in [3.63, 3.8) is 0 Å². The van der Waals surface area contributed by atoms with E-state index in [9.17, 15) is 22.8 Å². The predicted octanol–water partition coefficient (Wildman–Crippen LogP) is 6.36. The minimum absolute atomic E-state index is 0.0163. The van der Waals surface area contributed by atoms with E-state index in [0.717, 1.165) is 41.6 Å². The Morgan fingerprint density at radius 2 is 1.57 bits per heavy atom. The molecule has 0 spiro atoms. The molecule has 5 rings (SSSR count). The Balaban J connectivity index is 1.11. The lowest BCUT2D eigenvalue weighted by Crippen LogP contribution is -2.47. The molecule has 2 aliphatic heterocycles. The van der Waals surface area contributed by atoms with Crippen LogP contribution in [0.3, 0.4) is 0 Å². The largest absolute Gasteiger partial charge is 0.490 e. The summed E-state index contributed by atoms with van der Waals surface area (Å²) in [6, 6.07) is 12.7. The molecule has 2 fully saturated rings. The third-order valence-electron chi connectivity index (χ3n) is 7.62. The Labute approximate surface area is 243 Å². The van der Waals surface area contributed by atoms with Crippen LogP contribution < -0.4 is 15.0 Å². The molecule has 3 aromatic rings. The van der Waals surface area contributed by atoms with Crippen LogP contribution in [0, 0.1) is 0 Å². The molecular formula is C31H37F3N4O4. The van der Waals surface area contributed by atoms with Crippen molar-refractivity contribution in [1.29, 1.82) is 0 Å². The van der Waals surface area contributed by atoms with Crippen molar-refractivity contribution >= 4 is 28.6 Å². The number of H-pyrrole nitrogens is 1. The van der Waals surface area contributed by atoms with Crippen LogP contribution in [-0.4, -0.2) is 65.8 Å². The van der Waals surface area contributed by atoms with E-state index in [-0.39, 0.29) is 24.1 Å². The van der Waals surface area contributed by atoms with Crippen molar-refractivity contribution in [3.8, 4) is 5.75 Å². The first-order chi connectivity index (χ1) is 19.8. The highest BCUT2D eigenvalue weighted by Crippen LogP contribution is 2.32. The van der Waals surface area contributed by atoms with Crippen LogP contribution in [0.1, 0.15) is 62.5 Å². The second-order valence-electron chi connectivity index (χ2n) is 12.0. The summed E-state index contributed by atoms with van der Waals surface area (Å²) < 4.78 is 50.2. The minimum Gasteiger partial charge on any atom is -0.490 e. The van der Waals surface area contributed by atoms with E-state index in [1.54, 1.807) is 4.90 Å². The molecule has 0 aliphatic carbocycles. The number of hydrogen-bond donors (Lipinski definition) is 2. The van der Waals surface area contributed by atoms with Gasteiger partial charge in [0, 0.05) is 67.7 Å². The van der Waals surface area contributed by atoms with Gasteiger partial charge in [-0.25, -0.2) is 4.79 Å². The third kappa shape index (κ3) is 7.30. The molecule has 2 aliphatic rings. The number of carbonyl (C=O) groups is 2. The number of rotatable bonds is 5. The van der Waals surface area contributed by atoms with Gasteiger partial charge in [0.2, 0.25) is 0 Å². The van der Waals surface area contributed by atoms with Gasteiger partial charge in [0.05, 0.1) is 5.56 Å². The third-order valence-corrected chi connectivity index (χ3v) is 7.62. The Morgan fingerprint density at radius 1 is 0.905 bits per heavy atom. The normalized spacial score (nSPS) is 17.4. The van der Waals surface area contributed by atoms with Gasteiger partial charge in [-0.3, -0.25) is 4.79 Å². The van der Waals surface area contributed by atoms with Crippen molar-refractivity contribution in [2.75, 3.05) is 31.1 Å². The van der Waals surface area contributed by atoms with Crippen molar-refractivity contribution < 1.29 is 32.2 Å². The lowest BCUT2D eigenvalue weighted by Gasteiger charge is -2.33.